The molecule has 6 rings (SSSR count). The van der Waals surface area contributed by atoms with Crippen molar-refractivity contribution in [1.82, 2.24) is 0 Å². The van der Waals surface area contributed by atoms with Gasteiger partial charge >= 0.3 is 0 Å². The van der Waals surface area contributed by atoms with E-state index in [-0.39, 0.29) is 17.7 Å². The van der Waals surface area contributed by atoms with Gasteiger partial charge in [-0.1, -0.05) is 78.9 Å². The quantitative estimate of drug-likeness (QED) is 0.316. The lowest BCUT2D eigenvalue weighted by Crippen LogP contribution is -2.26. The molecule has 2 unspecified atom stereocenters. The molecular formula is C33H31N3O. The summed E-state index contributed by atoms with van der Waals surface area (Å²) >= 11 is 0. The minimum absolute atomic E-state index is 0.154. The number of anilines is 3. The Labute approximate surface area is 218 Å². The molecule has 0 radical (unpaired) electrons. The van der Waals surface area contributed by atoms with Crippen LogP contribution >= 0.6 is 0 Å². The molecule has 4 heteroatoms. The number of allylic oxidation sites excluding steroid dienone is 1. The van der Waals surface area contributed by atoms with Gasteiger partial charge in [0, 0.05) is 37.5 Å². The Morgan fingerprint density at radius 2 is 1.30 bits per heavy atom. The van der Waals surface area contributed by atoms with Gasteiger partial charge in [-0.2, -0.15) is 0 Å². The largest absolute Gasteiger partial charge is 0.378 e. The van der Waals surface area contributed by atoms with Crippen LogP contribution in [0.25, 0.3) is 11.1 Å². The van der Waals surface area contributed by atoms with Gasteiger partial charge in [0.05, 0.1) is 17.4 Å². The number of benzene rings is 4. The minimum Gasteiger partial charge on any atom is -0.378 e. The van der Waals surface area contributed by atoms with Gasteiger partial charge in [0.1, 0.15) is 0 Å². The zero-order valence-electron chi connectivity index (χ0n) is 21.2. The van der Waals surface area contributed by atoms with Crippen LogP contribution < -0.4 is 15.5 Å². The van der Waals surface area contributed by atoms with Gasteiger partial charge in [0.15, 0.2) is 5.78 Å². The van der Waals surface area contributed by atoms with Crippen LogP contribution in [0.5, 0.6) is 0 Å². The molecular weight excluding hydrogens is 454 g/mol. The molecule has 0 amide bonds. The van der Waals surface area contributed by atoms with Crippen LogP contribution in [0.3, 0.4) is 0 Å². The number of carbonyl (C=O) groups is 1. The summed E-state index contributed by atoms with van der Waals surface area (Å²) in [6.45, 7) is 0. The molecule has 1 heterocycles. The number of fused-ring (bicyclic) bond motifs is 1. The fraction of sp³-hybridized carbons (Fsp3) is 0.182. The molecule has 37 heavy (non-hydrogen) atoms. The summed E-state index contributed by atoms with van der Waals surface area (Å²) in [5, 5.41) is 7.34. The highest BCUT2D eigenvalue weighted by molar-refractivity contribution is 6.01. The molecule has 4 aromatic rings. The molecule has 1 aliphatic heterocycles. The van der Waals surface area contributed by atoms with Crippen LogP contribution in [0, 0.1) is 0 Å². The number of rotatable bonds is 4. The van der Waals surface area contributed by atoms with Crippen LogP contribution in [0.15, 0.2) is 114 Å². The van der Waals surface area contributed by atoms with Gasteiger partial charge in [-0.05, 0) is 58.9 Å². The molecule has 4 nitrogen and oxygen atoms in total. The lowest BCUT2D eigenvalue weighted by molar-refractivity contribution is -0.116. The molecule has 2 N–H and O–H groups in total. The Bertz CT molecular complexity index is 1450. The summed E-state index contributed by atoms with van der Waals surface area (Å²) in [6, 6.07) is 35.6. The van der Waals surface area contributed by atoms with E-state index in [0.717, 1.165) is 40.3 Å². The van der Waals surface area contributed by atoms with Crippen LogP contribution in [-0.4, -0.2) is 19.9 Å². The third-order valence-corrected chi connectivity index (χ3v) is 7.54. The van der Waals surface area contributed by atoms with Gasteiger partial charge in [0.25, 0.3) is 0 Å². The van der Waals surface area contributed by atoms with Crippen LogP contribution in [0.1, 0.15) is 35.9 Å². The summed E-state index contributed by atoms with van der Waals surface area (Å²) in [7, 11) is 4.09. The van der Waals surface area contributed by atoms with E-state index in [4.69, 9.17) is 0 Å². The van der Waals surface area contributed by atoms with Crippen molar-refractivity contribution in [1.29, 1.82) is 0 Å². The molecule has 2 atom stereocenters. The number of hydrogen-bond donors (Lipinski definition) is 2. The van der Waals surface area contributed by atoms with Crippen molar-refractivity contribution in [2.75, 3.05) is 29.6 Å². The number of ketones is 1. The first-order valence-corrected chi connectivity index (χ1v) is 12.9. The SMILES string of the molecule is CN(C)c1ccc(C2CC(=O)C3=C(C2)Nc2ccccc2NC3c2ccc(-c3ccccc3)cc2)cc1. The molecule has 0 bridgehead atoms. The van der Waals surface area contributed by atoms with Gasteiger partial charge < -0.3 is 15.5 Å². The minimum atomic E-state index is -0.208. The maximum atomic E-state index is 13.8. The molecule has 0 fully saturated rings. The Morgan fingerprint density at radius 3 is 2.00 bits per heavy atom. The van der Waals surface area contributed by atoms with Crippen molar-refractivity contribution in [2.45, 2.75) is 24.8 Å². The van der Waals surface area contributed by atoms with Gasteiger partial charge in [-0.3, -0.25) is 4.79 Å². The van der Waals surface area contributed by atoms with E-state index >= 15 is 0 Å². The standard InChI is InChI=1S/C33H31N3O/c1-36(2)27-18-16-24(17-19-27)26-20-30-32(31(37)21-26)33(35-29-11-7-6-10-28(29)34-30)25-14-12-23(13-15-25)22-8-4-3-5-9-22/h3-19,26,33-35H,20-21H2,1-2H3. The fourth-order valence-electron chi connectivity index (χ4n) is 5.52. The number of nitrogens with zero attached hydrogens (tertiary/aromatic N) is 1. The summed E-state index contributed by atoms with van der Waals surface area (Å²) in [5.41, 5.74) is 9.71. The van der Waals surface area contributed by atoms with Crippen molar-refractivity contribution in [3.05, 3.63) is 126 Å². The zero-order chi connectivity index (χ0) is 25.4. The number of nitrogens with one attached hydrogen (secondary N) is 2. The molecule has 0 spiro atoms. The first-order valence-electron chi connectivity index (χ1n) is 12.9. The highest BCUT2D eigenvalue weighted by atomic mass is 16.1. The molecule has 2 aliphatic rings. The Morgan fingerprint density at radius 1 is 0.676 bits per heavy atom. The van der Waals surface area contributed by atoms with E-state index in [1.807, 2.05) is 32.3 Å². The number of carbonyl (C=O) groups excluding carboxylic acids is 1. The summed E-state index contributed by atoms with van der Waals surface area (Å²) in [6.07, 6.45) is 1.31. The predicted octanol–water partition coefficient (Wildman–Crippen LogP) is 7.40. The lowest BCUT2D eigenvalue weighted by Gasteiger charge is -2.30. The smallest absolute Gasteiger partial charge is 0.163 e. The maximum absolute atomic E-state index is 13.8. The molecule has 184 valence electrons. The normalized spacial score (nSPS) is 18.7. The number of hydrogen-bond acceptors (Lipinski definition) is 4. The average Bonchev–Trinajstić information content (AvgIpc) is 3.11. The monoisotopic (exact) mass is 485 g/mol. The van der Waals surface area contributed by atoms with Crippen molar-refractivity contribution in [3.8, 4) is 11.1 Å². The number of Topliss-reactive ketones (excluding diaryl/α,β-unsaturated/α-hetero) is 1. The second kappa shape index (κ2) is 9.62. The molecule has 0 saturated heterocycles. The van der Waals surface area contributed by atoms with Gasteiger partial charge in [0.2, 0.25) is 0 Å². The predicted molar refractivity (Wildman–Crippen MR) is 153 cm³/mol. The van der Waals surface area contributed by atoms with Crippen molar-refractivity contribution in [2.24, 2.45) is 0 Å². The van der Waals surface area contributed by atoms with Crippen molar-refractivity contribution in [3.63, 3.8) is 0 Å². The topological polar surface area (TPSA) is 44.4 Å². The molecule has 4 aromatic carbocycles. The highest BCUT2D eigenvalue weighted by Crippen LogP contribution is 2.44. The van der Waals surface area contributed by atoms with Gasteiger partial charge in [-0.15, -0.1) is 0 Å². The van der Waals surface area contributed by atoms with E-state index in [1.54, 1.807) is 0 Å². The summed E-state index contributed by atoms with van der Waals surface area (Å²) in [4.78, 5) is 15.9. The maximum Gasteiger partial charge on any atom is 0.163 e. The van der Waals surface area contributed by atoms with E-state index in [0.29, 0.717) is 6.42 Å². The second-order valence-corrected chi connectivity index (χ2v) is 10.1. The number of para-hydroxylation sites is 2. The molecule has 0 aromatic heterocycles. The third-order valence-electron chi connectivity index (χ3n) is 7.54. The lowest BCUT2D eigenvalue weighted by atomic mass is 9.78. The first-order chi connectivity index (χ1) is 18.1. The van der Waals surface area contributed by atoms with E-state index in [2.05, 4.69) is 100 Å². The Hall–Kier alpha value is -4.31. The summed E-state index contributed by atoms with van der Waals surface area (Å²) in [5.74, 6) is 0.356. The van der Waals surface area contributed by atoms with E-state index in [9.17, 15) is 4.79 Å². The average molecular weight is 486 g/mol. The second-order valence-electron chi connectivity index (χ2n) is 10.1. The van der Waals surface area contributed by atoms with Crippen molar-refractivity contribution >= 4 is 22.8 Å². The first kappa shape index (κ1) is 23.1. The van der Waals surface area contributed by atoms with Crippen LogP contribution in [0.4, 0.5) is 17.1 Å². The Kier molecular flexibility index (Phi) is 6.01. The van der Waals surface area contributed by atoms with Gasteiger partial charge in [-0.25, -0.2) is 0 Å². The van der Waals surface area contributed by atoms with E-state index < -0.39 is 0 Å². The van der Waals surface area contributed by atoms with Crippen molar-refractivity contribution < 1.29 is 4.79 Å². The highest BCUT2D eigenvalue weighted by Gasteiger charge is 2.36. The molecule has 1 aliphatic carbocycles. The van der Waals surface area contributed by atoms with E-state index in [1.165, 1.54) is 16.7 Å². The summed E-state index contributed by atoms with van der Waals surface area (Å²) < 4.78 is 0. The fourth-order valence-corrected chi connectivity index (χ4v) is 5.52. The van der Waals surface area contributed by atoms with Crippen LogP contribution in [0.2, 0.25) is 0 Å². The Balaban J connectivity index is 1.38. The zero-order valence-corrected chi connectivity index (χ0v) is 21.2. The molecule has 0 saturated carbocycles. The third kappa shape index (κ3) is 4.51. The van der Waals surface area contributed by atoms with Crippen LogP contribution in [-0.2, 0) is 4.79 Å².